The zero-order chi connectivity index (χ0) is 16.9. The van der Waals surface area contributed by atoms with Crippen LogP contribution in [-0.2, 0) is 19.6 Å². The Labute approximate surface area is 139 Å². The molecule has 23 heavy (non-hydrogen) atoms. The highest BCUT2D eigenvalue weighted by atomic mass is 16.7. The Bertz CT molecular complexity index is 571. The molecule has 0 atom stereocenters. The monoisotopic (exact) mass is 318 g/mol. The molecule has 4 nitrogen and oxygen atoms in total. The minimum atomic E-state index is -0.413. The second kappa shape index (κ2) is 5.50. The van der Waals surface area contributed by atoms with Crippen LogP contribution in [0.1, 0.15) is 52.5 Å². The quantitative estimate of drug-likeness (QED) is 0.800. The van der Waals surface area contributed by atoms with Gasteiger partial charge in [-0.05, 0) is 58.6 Å². The lowest BCUT2D eigenvalue weighted by molar-refractivity contribution is -0.0779. The third kappa shape index (κ3) is 2.59. The van der Waals surface area contributed by atoms with Crippen molar-refractivity contribution in [1.82, 2.24) is 0 Å². The number of ether oxygens (including phenoxy) is 2. The van der Waals surface area contributed by atoms with Gasteiger partial charge in [-0.25, -0.2) is 0 Å². The van der Waals surface area contributed by atoms with E-state index in [9.17, 15) is 0 Å². The van der Waals surface area contributed by atoms with Gasteiger partial charge in [-0.2, -0.15) is 0 Å². The third-order valence-electron chi connectivity index (χ3n) is 5.82. The zero-order valence-corrected chi connectivity index (χ0v) is 15.1. The number of hydrogen-bond acceptors (Lipinski definition) is 4. The van der Waals surface area contributed by atoms with Crippen LogP contribution in [0.2, 0.25) is 0 Å². The molecule has 0 unspecified atom stereocenters. The SMILES string of the molecule is COc1cc(C2(OC)CCC2)ccc1B1OC(C)(C)C(C)(C)O1. The highest BCUT2D eigenvalue weighted by molar-refractivity contribution is 6.63. The fraction of sp³-hybridized carbons (Fsp3) is 0.667. The summed E-state index contributed by atoms with van der Waals surface area (Å²) in [6, 6.07) is 6.24. The van der Waals surface area contributed by atoms with Crippen molar-refractivity contribution in [3.05, 3.63) is 23.8 Å². The third-order valence-corrected chi connectivity index (χ3v) is 5.82. The molecule has 2 aliphatic rings. The van der Waals surface area contributed by atoms with Crippen molar-refractivity contribution in [3.8, 4) is 5.75 Å². The van der Waals surface area contributed by atoms with Crippen molar-refractivity contribution < 1.29 is 18.8 Å². The van der Waals surface area contributed by atoms with E-state index in [2.05, 4.69) is 45.9 Å². The van der Waals surface area contributed by atoms with E-state index in [1.165, 1.54) is 12.0 Å². The summed E-state index contributed by atoms with van der Waals surface area (Å²) in [6.45, 7) is 8.23. The highest BCUT2D eigenvalue weighted by Crippen LogP contribution is 2.45. The van der Waals surface area contributed by atoms with Crippen LogP contribution in [0.5, 0.6) is 5.75 Å². The summed E-state index contributed by atoms with van der Waals surface area (Å²) in [5.41, 5.74) is 1.23. The van der Waals surface area contributed by atoms with Gasteiger partial charge in [0.1, 0.15) is 5.75 Å². The molecule has 5 heteroatoms. The van der Waals surface area contributed by atoms with Gasteiger partial charge in [-0.1, -0.05) is 12.1 Å². The van der Waals surface area contributed by atoms with Gasteiger partial charge in [-0.15, -0.1) is 0 Å². The predicted molar refractivity (Wildman–Crippen MR) is 91.2 cm³/mol. The van der Waals surface area contributed by atoms with E-state index in [0.717, 1.165) is 24.1 Å². The van der Waals surface area contributed by atoms with Crippen LogP contribution in [0.15, 0.2) is 18.2 Å². The van der Waals surface area contributed by atoms with Gasteiger partial charge < -0.3 is 18.8 Å². The largest absolute Gasteiger partial charge is 0.498 e. The van der Waals surface area contributed by atoms with Gasteiger partial charge >= 0.3 is 7.12 Å². The van der Waals surface area contributed by atoms with Crippen molar-refractivity contribution in [3.63, 3.8) is 0 Å². The molecule has 126 valence electrons. The molecular weight excluding hydrogens is 291 g/mol. The molecule has 1 aliphatic carbocycles. The Balaban J connectivity index is 1.93. The van der Waals surface area contributed by atoms with E-state index in [0.29, 0.717) is 0 Å². The van der Waals surface area contributed by atoms with Crippen molar-refractivity contribution >= 4 is 12.6 Å². The normalized spacial score (nSPS) is 24.3. The first-order chi connectivity index (χ1) is 10.7. The molecule has 1 aromatic rings. The van der Waals surface area contributed by atoms with E-state index in [-0.39, 0.29) is 16.8 Å². The van der Waals surface area contributed by atoms with Gasteiger partial charge in [0.2, 0.25) is 0 Å². The van der Waals surface area contributed by atoms with Gasteiger partial charge in [0.15, 0.2) is 0 Å². The molecule has 1 heterocycles. The summed E-state index contributed by atoms with van der Waals surface area (Å²) in [5, 5.41) is 0. The van der Waals surface area contributed by atoms with E-state index in [4.69, 9.17) is 18.8 Å². The van der Waals surface area contributed by atoms with Crippen molar-refractivity contribution in [2.75, 3.05) is 14.2 Å². The van der Waals surface area contributed by atoms with Gasteiger partial charge in [0.05, 0.1) is 23.9 Å². The predicted octanol–water partition coefficient (Wildman–Crippen LogP) is 3.02. The maximum Gasteiger partial charge on any atom is 0.498 e. The molecule has 1 aromatic carbocycles. The minimum absolute atomic E-state index is 0.151. The van der Waals surface area contributed by atoms with Gasteiger partial charge in [-0.3, -0.25) is 0 Å². The van der Waals surface area contributed by atoms with Crippen molar-refractivity contribution in [2.24, 2.45) is 0 Å². The number of methoxy groups -OCH3 is 2. The second-order valence-corrected chi connectivity index (χ2v) is 7.60. The lowest BCUT2D eigenvalue weighted by Gasteiger charge is -2.41. The Kier molecular flexibility index (Phi) is 4.02. The molecule has 1 aliphatic heterocycles. The Morgan fingerprint density at radius 3 is 2.04 bits per heavy atom. The Hall–Kier alpha value is -1.04. The van der Waals surface area contributed by atoms with E-state index in [1.807, 2.05) is 0 Å². The van der Waals surface area contributed by atoms with Gasteiger partial charge in [0, 0.05) is 12.6 Å². The lowest BCUT2D eigenvalue weighted by atomic mass is 9.72. The first kappa shape index (κ1) is 16.8. The first-order valence-corrected chi connectivity index (χ1v) is 8.34. The summed E-state index contributed by atoms with van der Waals surface area (Å²) in [6.07, 6.45) is 3.32. The molecule has 0 N–H and O–H groups in total. The molecule has 1 saturated heterocycles. The van der Waals surface area contributed by atoms with Crippen molar-refractivity contribution in [2.45, 2.75) is 63.8 Å². The number of benzene rings is 1. The number of hydrogen-bond donors (Lipinski definition) is 0. The van der Waals surface area contributed by atoms with Crippen molar-refractivity contribution in [1.29, 1.82) is 0 Å². The van der Waals surface area contributed by atoms with E-state index >= 15 is 0 Å². The molecule has 3 rings (SSSR count). The zero-order valence-electron chi connectivity index (χ0n) is 15.1. The highest BCUT2D eigenvalue weighted by Gasteiger charge is 2.52. The Morgan fingerprint density at radius 1 is 1.00 bits per heavy atom. The number of rotatable bonds is 4. The molecule has 0 amide bonds. The van der Waals surface area contributed by atoms with Gasteiger partial charge in [0.25, 0.3) is 0 Å². The molecular formula is C18H27BO4. The minimum Gasteiger partial charge on any atom is -0.497 e. The second-order valence-electron chi connectivity index (χ2n) is 7.60. The summed E-state index contributed by atoms with van der Waals surface area (Å²) >= 11 is 0. The van der Waals surface area contributed by atoms with E-state index in [1.54, 1.807) is 14.2 Å². The average Bonchev–Trinajstić information content (AvgIpc) is 2.66. The Morgan fingerprint density at radius 2 is 1.61 bits per heavy atom. The van der Waals surface area contributed by atoms with Crippen LogP contribution >= 0.6 is 0 Å². The van der Waals surface area contributed by atoms with Crippen LogP contribution in [0.25, 0.3) is 0 Å². The first-order valence-electron chi connectivity index (χ1n) is 8.34. The molecule has 0 aromatic heterocycles. The molecule has 0 spiro atoms. The van der Waals surface area contributed by atoms with Crippen LogP contribution in [0.3, 0.4) is 0 Å². The lowest BCUT2D eigenvalue weighted by Crippen LogP contribution is -2.41. The summed E-state index contributed by atoms with van der Waals surface area (Å²) in [7, 11) is 3.06. The van der Waals surface area contributed by atoms with Crippen LogP contribution in [-0.4, -0.2) is 32.5 Å². The molecule has 2 fully saturated rings. The summed E-state index contributed by atoms with van der Waals surface area (Å²) < 4.78 is 23.7. The fourth-order valence-corrected chi connectivity index (χ4v) is 3.27. The van der Waals surface area contributed by atoms with Crippen LogP contribution < -0.4 is 10.2 Å². The summed E-state index contributed by atoms with van der Waals surface area (Å²) in [4.78, 5) is 0. The molecule has 0 bridgehead atoms. The standard InChI is InChI=1S/C18H27BO4/c1-16(2)17(3,4)23-19(22-16)14-9-8-13(12-15(14)20-5)18(21-6)10-7-11-18/h8-9,12H,7,10-11H2,1-6H3. The fourth-order valence-electron chi connectivity index (χ4n) is 3.27. The van der Waals surface area contributed by atoms with E-state index < -0.39 is 7.12 Å². The average molecular weight is 318 g/mol. The molecule has 1 saturated carbocycles. The smallest absolute Gasteiger partial charge is 0.497 e. The van der Waals surface area contributed by atoms with Crippen LogP contribution in [0, 0.1) is 0 Å². The van der Waals surface area contributed by atoms with Crippen LogP contribution in [0.4, 0.5) is 0 Å². The topological polar surface area (TPSA) is 36.9 Å². The molecule has 0 radical (unpaired) electrons. The maximum absolute atomic E-state index is 6.15. The summed E-state index contributed by atoms with van der Waals surface area (Å²) in [5.74, 6) is 0.796. The maximum atomic E-state index is 6.15.